The molecule has 2 atom stereocenters. The third-order valence-corrected chi connectivity index (χ3v) is 5.05. The Bertz CT molecular complexity index is 457. The molecule has 0 aromatic rings. The summed E-state index contributed by atoms with van der Waals surface area (Å²) in [6.45, 7) is 7.91. The third-order valence-electron chi connectivity index (χ3n) is 3.62. The number of nitrogens with one attached hydrogen (secondary N) is 2. The molecule has 0 aromatic carbocycles. The predicted molar refractivity (Wildman–Crippen MR) is 87.2 cm³/mol. The Balaban J connectivity index is 2.30. The lowest BCUT2D eigenvalue weighted by atomic mass is 10.1. The molecule has 1 fully saturated rings. The van der Waals surface area contributed by atoms with Crippen LogP contribution >= 0.6 is 0 Å². The molecule has 1 amide bonds. The highest BCUT2D eigenvalue weighted by molar-refractivity contribution is 7.89. The number of alkyl carbamates (subject to hydrolysis) is 1. The first-order valence-electron chi connectivity index (χ1n) is 8.08. The van der Waals surface area contributed by atoms with Crippen molar-refractivity contribution in [3.63, 3.8) is 0 Å². The monoisotopic (exact) mass is 334 g/mol. The third kappa shape index (κ3) is 7.98. The van der Waals surface area contributed by atoms with E-state index in [1.807, 2.05) is 27.7 Å². The molecule has 22 heavy (non-hydrogen) atoms. The minimum Gasteiger partial charge on any atom is -0.444 e. The van der Waals surface area contributed by atoms with Crippen LogP contribution in [0.1, 0.15) is 59.8 Å². The van der Waals surface area contributed by atoms with Gasteiger partial charge < -0.3 is 10.1 Å². The summed E-state index contributed by atoms with van der Waals surface area (Å²) in [4.78, 5) is 11.7. The minimum absolute atomic E-state index is 0.0694. The van der Waals surface area contributed by atoms with Gasteiger partial charge in [-0.05, 0) is 52.4 Å². The van der Waals surface area contributed by atoms with Crippen molar-refractivity contribution in [2.75, 3.05) is 12.3 Å². The maximum atomic E-state index is 11.8. The Morgan fingerprint density at radius 3 is 2.55 bits per heavy atom. The van der Waals surface area contributed by atoms with Gasteiger partial charge in [0, 0.05) is 12.6 Å². The van der Waals surface area contributed by atoms with E-state index in [2.05, 4.69) is 10.0 Å². The summed E-state index contributed by atoms with van der Waals surface area (Å²) in [6, 6.07) is 0.0694. The Labute approximate surface area is 134 Å². The fourth-order valence-corrected chi connectivity index (χ4v) is 3.82. The lowest BCUT2D eigenvalue weighted by molar-refractivity contribution is 0.0504. The van der Waals surface area contributed by atoms with Gasteiger partial charge in [0.1, 0.15) is 5.60 Å². The molecule has 1 rings (SSSR count). The molecule has 1 aliphatic carbocycles. The molecule has 1 saturated carbocycles. The highest BCUT2D eigenvalue weighted by Crippen LogP contribution is 2.25. The molecular weight excluding hydrogens is 304 g/mol. The lowest BCUT2D eigenvalue weighted by Gasteiger charge is -2.21. The van der Waals surface area contributed by atoms with E-state index >= 15 is 0 Å². The Hall–Kier alpha value is -0.820. The SMILES string of the molecule is CCCCS(=O)(=O)NCC1CCC(NC(=O)OC(C)(C)C)C1. The van der Waals surface area contributed by atoms with Crippen molar-refractivity contribution in [3.05, 3.63) is 0 Å². The summed E-state index contributed by atoms with van der Waals surface area (Å²) in [5.41, 5.74) is -0.503. The van der Waals surface area contributed by atoms with Gasteiger partial charge in [0.15, 0.2) is 0 Å². The molecule has 7 heteroatoms. The summed E-state index contributed by atoms with van der Waals surface area (Å²) in [5.74, 6) is 0.465. The zero-order valence-corrected chi connectivity index (χ0v) is 15.0. The molecule has 0 saturated heterocycles. The van der Waals surface area contributed by atoms with E-state index in [4.69, 9.17) is 4.74 Å². The molecule has 1 aliphatic rings. The predicted octanol–water partition coefficient (Wildman–Crippen LogP) is 2.40. The Morgan fingerprint density at radius 1 is 1.27 bits per heavy atom. The van der Waals surface area contributed by atoms with E-state index < -0.39 is 21.7 Å². The second-order valence-corrected chi connectivity index (χ2v) is 8.97. The first-order chi connectivity index (χ1) is 10.1. The number of rotatable bonds is 7. The molecule has 130 valence electrons. The van der Waals surface area contributed by atoms with Gasteiger partial charge in [-0.2, -0.15) is 0 Å². The topological polar surface area (TPSA) is 84.5 Å². The van der Waals surface area contributed by atoms with E-state index in [9.17, 15) is 13.2 Å². The average Bonchev–Trinajstić information content (AvgIpc) is 2.79. The van der Waals surface area contributed by atoms with Crippen LogP contribution in [0.25, 0.3) is 0 Å². The standard InChI is InChI=1S/C15H30N2O4S/c1-5-6-9-22(19,20)16-11-12-7-8-13(10-12)17-14(18)21-15(2,3)4/h12-13,16H,5-11H2,1-4H3,(H,17,18). The van der Waals surface area contributed by atoms with Crippen LogP contribution in [0.4, 0.5) is 4.79 Å². The molecule has 2 N–H and O–H groups in total. The Morgan fingerprint density at radius 2 is 1.95 bits per heavy atom. The van der Waals surface area contributed by atoms with Gasteiger partial charge in [-0.3, -0.25) is 0 Å². The summed E-state index contributed by atoms with van der Waals surface area (Å²) in [6.07, 6.45) is 3.71. The van der Waals surface area contributed by atoms with Gasteiger partial charge in [-0.15, -0.1) is 0 Å². The smallest absolute Gasteiger partial charge is 0.407 e. The van der Waals surface area contributed by atoms with Gasteiger partial charge in [0.05, 0.1) is 5.75 Å². The first kappa shape index (κ1) is 19.2. The van der Waals surface area contributed by atoms with Crippen LogP contribution in [0.3, 0.4) is 0 Å². The van der Waals surface area contributed by atoms with Crippen LogP contribution in [0.15, 0.2) is 0 Å². The fourth-order valence-electron chi connectivity index (χ4n) is 2.52. The second-order valence-electron chi connectivity index (χ2n) is 7.04. The van der Waals surface area contributed by atoms with Crippen LogP contribution < -0.4 is 10.0 Å². The maximum absolute atomic E-state index is 11.8. The number of unbranched alkanes of at least 4 members (excludes halogenated alkanes) is 1. The zero-order chi connectivity index (χ0) is 16.8. The Kier molecular flexibility index (Phi) is 7.12. The normalized spacial score (nSPS) is 22.5. The van der Waals surface area contributed by atoms with Crippen molar-refractivity contribution in [1.82, 2.24) is 10.0 Å². The summed E-state index contributed by atoms with van der Waals surface area (Å²) in [5, 5.41) is 2.86. The van der Waals surface area contributed by atoms with Crippen LogP contribution in [-0.4, -0.2) is 38.5 Å². The molecule has 6 nitrogen and oxygen atoms in total. The zero-order valence-electron chi connectivity index (χ0n) is 14.1. The number of carbonyl (C=O) groups is 1. The number of ether oxygens (including phenoxy) is 1. The summed E-state index contributed by atoms with van der Waals surface area (Å²) < 4.78 is 31.4. The van der Waals surface area contributed by atoms with E-state index in [1.165, 1.54) is 0 Å². The van der Waals surface area contributed by atoms with Crippen molar-refractivity contribution >= 4 is 16.1 Å². The average molecular weight is 334 g/mol. The van der Waals surface area contributed by atoms with Gasteiger partial charge >= 0.3 is 6.09 Å². The lowest BCUT2D eigenvalue weighted by Crippen LogP contribution is -2.38. The van der Waals surface area contributed by atoms with Crippen molar-refractivity contribution in [3.8, 4) is 0 Å². The van der Waals surface area contributed by atoms with Crippen LogP contribution in [0.5, 0.6) is 0 Å². The van der Waals surface area contributed by atoms with Crippen molar-refractivity contribution in [1.29, 1.82) is 0 Å². The molecule has 0 heterocycles. The van der Waals surface area contributed by atoms with Gasteiger partial charge in [-0.25, -0.2) is 17.9 Å². The number of hydrogen-bond acceptors (Lipinski definition) is 4. The number of sulfonamides is 1. The maximum Gasteiger partial charge on any atom is 0.407 e. The largest absolute Gasteiger partial charge is 0.444 e. The number of amides is 1. The first-order valence-corrected chi connectivity index (χ1v) is 9.73. The second kappa shape index (κ2) is 8.15. The van der Waals surface area contributed by atoms with E-state index in [-0.39, 0.29) is 17.7 Å². The molecule has 0 aromatic heterocycles. The van der Waals surface area contributed by atoms with E-state index in [1.54, 1.807) is 0 Å². The van der Waals surface area contributed by atoms with Crippen LogP contribution in [-0.2, 0) is 14.8 Å². The summed E-state index contributed by atoms with van der Waals surface area (Å²) in [7, 11) is -3.16. The number of hydrogen-bond donors (Lipinski definition) is 2. The van der Waals surface area contributed by atoms with Gasteiger partial charge in [0.25, 0.3) is 0 Å². The van der Waals surface area contributed by atoms with Crippen LogP contribution in [0, 0.1) is 5.92 Å². The molecule has 0 spiro atoms. The molecule has 0 aliphatic heterocycles. The minimum atomic E-state index is -3.16. The fraction of sp³-hybridized carbons (Fsp3) is 0.933. The molecular formula is C15H30N2O4S. The highest BCUT2D eigenvalue weighted by atomic mass is 32.2. The quantitative estimate of drug-likeness (QED) is 0.749. The van der Waals surface area contributed by atoms with Gasteiger partial charge in [0.2, 0.25) is 10.0 Å². The van der Waals surface area contributed by atoms with Crippen LogP contribution in [0.2, 0.25) is 0 Å². The van der Waals surface area contributed by atoms with Crippen molar-refractivity contribution in [2.45, 2.75) is 71.4 Å². The van der Waals surface area contributed by atoms with E-state index in [0.717, 1.165) is 25.7 Å². The molecule has 0 radical (unpaired) electrons. The van der Waals surface area contributed by atoms with Crippen molar-refractivity contribution < 1.29 is 17.9 Å². The highest BCUT2D eigenvalue weighted by Gasteiger charge is 2.28. The number of carbonyl (C=O) groups excluding carboxylic acids is 1. The van der Waals surface area contributed by atoms with Crippen molar-refractivity contribution in [2.24, 2.45) is 5.92 Å². The molecule has 0 bridgehead atoms. The molecule has 2 unspecified atom stereocenters. The van der Waals surface area contributed by atoms with Gasteiger partial charge in [-0.1, -0.05) is 13.3 Å². The van der Waals surface area contributed by atoms with E-state index in [0.29, 0.717) is 13.0 Å². The summed E-state index contributed by atoms with van der Waals surface area (Å²) >= 11 is 0.